The van der Waals surface area contributed by atoms with Gasteiger partial charge in [0.05, 0.1) is 5.54 Å². The van der Waals surface area contributed by atoms with E-state index in [1.165, 1.54) is 13.7 Å². The molecular weight excluding hydrogens is 131 g/mol. The highest BCUT2D eigenvalue weighted by Crippen LogP contribution is 1.97. The molecule has 0 aliphatic heterocycles. The van der Waals surface area contributed by atoms with Gasteiger partial charge in [0.25, 0.3) is 0 Å². The van der Waals surface area contributed by atoms with Gasteiger partial charge in [0.15, 0.2) is 0 Å². The van der Waals surface area contributed by atoms with E-state index in [4.69, 9.17) is 0 Å². The first kappa shape index (κ1) is 9.09. The molecule has 0 rings (SSSR count). The maximum atomic E-state index is 2.13. The van der Waals surface area contributed by atoms with E-state index in [2.05, 4.69) is 44.7 Å². The Labute approximate surface area is 59.3 Å². The number of nitrogens with zero attached hydrogens (tertiary/aromatic N) is 2. The molecule has 0 saturated heterocycles. The standard InChI is InChI=1S/C6H15N2P/c1-7(2)6(9-5)8(3)4/h1-5H3. The van der Waals surface area contributed by atoms with Crippen LogP contribution < -0.4 is 0 Å². The zero-order valence-electron chi connectivity index (χ0n) is 6.84. The van der Waals surface area contributed by atoms with Gasteiger partial charge in [-0.1, -0.05) is 8.20 Å². The molecule has 0 unspecified atom stereocenters. The zero-order chi connectivity index (χ0) is 7.44. The molecule has 0 amide bonds. The SMILES string of the molecule is CP=C(N(C)C)N(C)C. The van der Waals surface area contributed by atoms with Crippen LogP contribution in [0.3, 0.4) is 0 Å². The maximum Gasteiger partial charge on any atom is 0.0851 e. The topological polar surface area (TPSA) is 6.48 Å². The summed E-state index contributed by atoms with van der Waals surface area (Å²) in [6.07, 6.45) is 0. The van der Waals surface area contributed by atoms with Crippen LogP contribution in [0, 0.1) is 0 Å². The van der Waals surface area contributed by atoms with Crippen molar-refractivity contribution >= 4 is 13.7 Å². The van der Waals surface area contributed by atoms with Crippen LogP contribution in [-0.4, -0.2) is 50.2 Å². The van der Waals surface area contributed by atoms with Crippen LogP contribution in [0.4, 0.5) is 0 Å². The van der Waals surface area contributed by atoms with Crippen molar-refractivity contribution < 1.29 is 0 Å². The Bertz CT molecular complexity index is 97.6. The Balaban J connectivity index is 4.01. The third-order valence-corrected chi connectivity index (χ3v) is 2.20. The summed E-state index contributed by atoms with van der Waals surface area (Å²) in [6.45, 7) is 2.13. The van der Waals surface area contributed by atoms with Crippen LogP contribution in [0.25, 0.3) is 0 Å². The van der Waals surface area contributed by atoms with E-state index in [1.807, 2.05) is 0 Å². The van der Waals surface area contributed by atoms with Gasteiger partial charge in [-0.25, -0.2) is 0 Å². The Morgan fingerprint density at radius 3 is 1.33 bits per heavy atom. The van der Waals surface area contributed by atoms with Crippen molar-refractivity contribution in [1.82, 2.24) is 9.80 Å². The quantitative estimate of drug-likeness (QED) is 0.531. The van der Waals surface area contributed by atoms with Gasteiger partial charge in [0.1, 0.15) is 0 Å². The molecule has 0 aliphatic rings. The maximum absolute atomic E-state index is 2.13. The van der Waals surface area contributed by atoms with Gasteiger partial charge in [-0.3, -0.25) is 9.80 Å². The number of hydrogen-bond donors (Lipinski definition) is 0. The predicted molar refractivity (Wildman–Crippen MR) is 45.2 cm³/mol. The first-order valence-electron chi connectivity index (χ1n) is 2.91. The van der Waals surface area contributed by atoms with Crippen molar-refractivity contribution in [3.8, 4) is 0 Å². The van der Waals surface area contributed by atoms with Crippen LogP contribution in [0.15, 0.2) is 0 Å². The van der Waals surface area contributed by atoms with Gasteiger partial charge in [0.2, 0.25) is 0 Å². The lowest BCUT2D eigenvalue weighted by atomic mass is 10.8. The molecule has 0 fully saturated rings. The minimum Gasteiger partial charge on any atom is -0.268 e. The van der Waals surface area contributed by atoms with E-state index in [9.17, 15) is 0 Å². The van der Waals surface area contributed by atoms with Gasteiger partial charge in [0, 0.05) is 0 Å². The summed E-state index contributed by atoms with van der Waals surface area (Å²) < 4.78 is 0. The Morgan fingerprint density at radius 1 is 1.00 bits per heavy atom. The fraction of sp³-hybridized carbons (Fsp3) is 0.833. The molecule has 0 N–H and O–H groups in total. The summed E-state index contributed by atoms with van der Waals surface area (Å²) in [4.78, 5) is 4.25. The van der Waals surface area contributed by atoms with Crippen molar-refractivity contribution in [3.05, 3.63) is 0 Å². The second-order valence-electron chi connectivity index (χ2n) is 2.31. The Morgan fingerprint density at radius 2 is 1.33 bits per heavy atom. The van der Waals surface area contributed by atoms with Gasteiger partial charge >= 0.3 is 0 Å². The molecule has 0 aromatic carbocycles. The summed E-state index contributed by atoms with van der Waals surface area (Å²) >= 11 is 0. The van der Waals surface area contributed by atoms with Gasteiger partial charge in [-0.05, 0) is 34.9 Å². The number of hydrogen-bond acceptors (Lipinski definition) is 0. The van der Waals surface area contributed by atoms with Crippen LogP contribution in [-0.2, 0) is 0 Å². The monoisotopic (exact) mass is 146 g/mol. The molecule has 3 heteroatoms. The summed E-state index contributed by atoms with van der Waals surface area (Å²) in [5.74, 6) is 0. The van der Waals surface area contributed by atoms with E-state index in [1.54, 1.807) is 0 Å². The van der Waals surface area contributed by atoms with Crippen molar-refractivity contribution in [2.75, 3.05) is 34.9 Å². The van der Waals surface area contributed by atoms with E-state index in [0.717, 1.165) is 0 Å². The van der Waals surface area contributed by atoms with Crippen molar-refractivity contribution in [3.63, 3.8) is 0 Å². The highest BCUT2D eigenvalue weighted by Gasteiger charge is 2.00. The lowest BCUT2D eigenvalue weighted by molar-refractivity contribution is 0.500. The summed E-state index contributed by atoms with van der Waals surface area (Å²) in [7, 11) is 9.56. The molecule has 2 nitrogen and oxygen atoms in total. The second-order valence-corrected chi connectivity index (χ2v) is 3.16. The molecule has 0 radical (unpaired) electrons. The average molecular weight is 146 g/mol. The molecule has 0 spiro atoms. The Kier molecular flexibility index (Phi) is 4.03. The number of rotatable bonds is 2. The first-order chi connectivity index (χ1) is 4.09. The molecule has 0 bridgehead atoms. The molecular formula is C6H15N2P. The van der Waals surface area contributed by atoms with Gasteiger partial charge in [-0.15, -0.1) is 0 Å². The molecule has 54 valence electrons. The van der Waals surface area contributed by atoms with Crippen LogP contribution >= 0.6 is 8.20 Å². The minimum absolute atomic E-state index is 1.32. The van der Waals surface area contributed by atoms with Crippen LogP contribution in [0.1, 0.15) is 0 Å². The molecule has 0 heterocycles. The molecule has 0 aromatic rings. The van der Waals surface area contributed by atoms with E-state index in [-0.39, 0.29) is 0 Å². The van der Waals surface area contributed by atoms with Crippen molar-refractivity contribution in [1.29, 1.82) is 0 Å². The van der Waals surface area contributed by atoms with E-state index >= 15 is 0 Å². The summed E-state index contributed by atoms with van der Waals surface area (Å²) in [5, 5.41) is 0. The molecule has 0 aromatic heterocycles. The van der Waals surface area contributed by atoms with Crippen LogP contribution in [0.5, 0.6) is 0 Å². The zero-order valence-corrected chi connectivity index (χ0v) is 7.74. The van der Waals surface area contributed by atoms with Crippen molar-refractivity contribution in [2.45, 2.75) is 0 Å². The fourth-order valence-corrected chi connectivity index (χ4v) is 1.60. The lowest BCUT2D eigenvalue weighted by Crippen LogP contribution is -2.33. The molecule has 0 saturated carbocycles. The highest BCUT2D eigenvalue weighted by atomic mass is 31.1. The lowest BCUT2D eigenvalue weighted by Gasteiger charge is -2.19. The summed E-state index contributed by atoms with van der Waals surface area (Å²) in [6, 6.07) is 0. The average Bonchev–Trinajstić information content (AvgIpc) is 1.64. The van der Waals surface area contributed by atoms with Crippen molar-refractivity contribution in [2.24, 2.45) is 0 Å². The third kappa shape index (κ3) is 2.95. The minimum atomic E-state index is 1.32. The molecule has 0 atom stereocenters. The first-order valence-corrected chi connectivity index (χ1v) is 4.25. The predicted octanol–water partition coefficient (Wildman–Crippen LogP) is 0.773. The normalized spacial score (nSPS) is 11.4. The Hall–Kier alpha value is 0.0900. The third-order valence-electron chi connectivity index (χ3n) is 1.000. The largest absolute Gasteiger partial charge is 0.268 e. The smallest absolute Gasteiger partial charge is 0.0851 e. The molecule has 0 aliphatic carbocycles. The molecule has 9 heavy (non-hydrogen) atoms. The summed E-state index contributed by atoms with van der Waals surface area (Å²) in [5.41, 5.74) is 1.33. The highest BCUT2D eigenvalue weighted by molar-refractivity contribution is 7.39. The van der Waals surface area contributed by atoms with E-state index < -0.39 is 0 Å². The van der Waals surface area contributed by atoms with Gasteiger partial charge in [-0.2, -0.15) is 0 Å². The van der Waals surface area contributed by atoms with Crippen LogP contribution in [0.2, 0.25) is 0 Å². The van der Waals surface area contributed by atoms with Gasteiger partial charge < -0.3 is 0 Å². The fourth-order valence-electron chi connectivity index (χ4n) is 0.800. The van der Waals surface area contributed by atoms with E-state index in [0.29, 0.717) is 0 Å². The second kappa shape index (κ2) is 3.99.